The molecule has 1 aromatic rings. The number of rotatable bonds is 4. The summed E-state index contributed by atoms with van der Waals surface area (Å²) >= 11 is 0. The highest BCUT2D eigenvalue weighted by atomic mass is 32.2. The molecule has 1 fully saturated rings. The van der Waals surface area contributed by atoms with Gasteiger partial charge in [-0.3, -0.25) is 0 Å². The fraction of sp³-hybridized carbons (Fsp3) is 0.526. The molecule has 0 aliphatic carbocycles. The normalized spacial score (nSPS) is 24.9. The molecule has 0 bridgehead atoms. The van der Waals surface area contributed by atoms with Crippen LogP contribution in [-0.4, -0.2) is 43.9 Å². The van der Waals surface area contributed by atoms with Crippen LogP contribution in [0.1, 0.15) is 38.3 Å². The van der Waals surface area contributed by atoms with Gasteiger partial charge in [-0.1, -0.05) is 36.4 Å². The van der Waals surface area contributed by atoms with Crippen molar-refractivity contribution in [1.82, 2.24) is 10.2 Å². The lowest BCUT2D eigenvalue weighted by molar-refractivity contribution is -0.192. The van der Waals surface area contributed by atoms with Crippen molar-refractivity contribution in [2.24, 2.45) is 5.92 Å². The summed E-state index contributed by atoms with van der Waals surface area (Å²) in [4.78, 5) is 14.3. The van der Waals surface area contributed by atoms with E-state index in [0.717, 1.165) is 11.7 Å². The molecule has 4 atom stereocenters. The number of urea groups is 1. The van der Waals surface area contributed by atoms with E-state index in [1.807, 2.05) is 0 Å². The molecule has 0 spiro atoms. The fourth-order valence-corrected chi connectivity index (χ4v) is 3.99. The molecular weight excluding hydrogens is 393 g/mol. The quantitative estimate of drug-likeness (QED) is 0.802. The Bertz CT molecular complexity index is 809. The summed E-state index contributed by atoms with van der Waals surface area (Å²) in [5.74, 6) is -1.49. The van der Waals surface area contributed by atoms with Gasteiger partial charge in [0.2, 0.25) is 0 Å². The van der Waals surface area contributed by atoms with Crippen LogP contribution in [0.25, 0.3) is 0 Å². The first-order valence-electron chi connectivity index (χ1n) is 8.97. The maximum atomic E-state index is 13.4. The highest BCUT2D eigenvalue weighted by Crippen LogP contribution is 2.44. The number of sulfone groups is 1. The summed E-state index contributed by atoms with van der Waals surface area (Å²) in [6.45, 7) is 3.20. The van der Waals surface area contributed by atoms with E-state index in [2.05, 4.69) is 5.32 Å². The van der Waals surface area contributed by atoms with Gasteiger partial charge in [-0.05, 0) is 32.3 Å². The van der Waals surface area contributed by atoms with Crippen molar-refractivity contribution < 1.29 is 26.4 Å². The molecule has 28 heavy (non-hydrogen) atoms. The average Bonchev–Trinajstić information content (AvgIpc) is 2.58. The van der Waals surface area contributed by atoms with Crippen molar-refractivity contribution in [3.05, 3.63) is 47.4 Å². The van der Waals surface area contributed by atoms with Gasteiger partial charge in [0.25, 0.3) is 0 Å². The minimum absolute atomic E-state index is 0.173. The molecule has 1 saturated heterocycles. The Balaban J connectivity index is 2.26. The number of carbonyl (C=O) groups is 1. The zero-order valence-electron chi connectivity index (χ0n) is 16.0. The number of amides is 2. The summed E-state index contributed by atoms with van der Waals surface area (Å²) in [7, 11) is -3.34. The molecule has 1 aliphatic rings. The molecule has 2 rings (SSSR count). The number of hydrogen-bond donors (Lipinski definition) is 1. The first-order valence-corrected chi connectivity index (χ1v) is 10.9. The molecule has 0 aromatic heterocycles. The molecular formula is C19H25F3N2O3S. The fourth-order valence-electron chi connectivity index (χ4n) is 3.47. The van der Waals surface area contributed by atoms with E-state index in [1.165, 1.54) is 11.0 Å². The van der Waals surface area contributed by atoms with Crippen molar-refractivity contribution in [2.75, 3.05) is 6.26 Å². The molecule has 1 N–H and O–H groups in total. The van der Waals surface area contributed by atoms with E-state index >= 15 is 0 Å². The third-order valence-corrected chi connectivity index (χ3v) is 5.44. The average molecular weight is 418 g/mol. The Hall–Kier alpha value is -2.03. The second kappa shape index (κ2) is 8.55. The smallest absolute Gasteiger partial charge is 0.332 e. The van der Waals surface area contributed by atoms with Crippen LogP contribution in [0.4, 0.5) is 18.0 Å². The van der Waals surface area contributed by atoms with Crippen LogP contribution in [0.5, 0.6) is 0 Å². The number of hydrogen-bond acceptors (Lipinski definition) is 3. The predicted molar refractivity (Wildman–Crippen MR) is 101 cm³/mol. The van der Waals surface area contributed by atoms with Crippen LogP contribution >= 0.6 is 0 Å². The summed E-state index contributed by atoms with van der Waals surface area (Å²) in [6.07, 6.45) is -2.34. The van der Waals surface area contributed by atoms with Crippen molar-refractivity contribution in [2.45, 2.75) is 51.0 Å². The second-order valence-corrected chi connectivity index (χ2v) is 9.22. The highest BCUT2D eigenvalue weighted by Gasteiger charge is 2.48. The third-order valence-electron chi connectivity index (χ3n) is 4.79. The SMILES string of the molecule is CC(/C=C/S(C)(=O)=O)NC(=O)N1[C@@H](C)C[C@@H](C(F)(F)F)C[C@H]1c1ccccc1. The molecule has 1 heterocycles. The highest BCUT2D eigenvalue weighted by molar-refractivity contribution is 7.93. The van der Waals surface area contributed by atoms with Gasteiger partial charge in [-0.15, -0.1) is 0 Å². The lowest BCUT2D eigenvalue weighted by Gasteiger charge is -2.44. The summed E-state index contributed by atoms with van der Waals surface area (Å²) in [6, 6.07) is 6.18. The van der Waals surface area contributed by atoms with Gasteiger partial charge >= 0.3 is 12.2 Å². The Morgan fingerprint density at radius 1 is 1.25 bits per heavy atom. The van der Waals surface area contributed by atoms with Crippen LogP contribution in [0.3, 0.4) is 0 Å². The van der Waals surface area contributed by atoms with E-state index in [1.54, 1.807) is 44.2 Å². The maximum absolute atomic E-state index is 13.4. The lowest BCUT2D eigenvalue weighted by atomic mass is 9.83. The van der Waals surface area contributed by atoms with Gasteiger partial charge in [-0.2, -0.15) is 13.2 Å². The standard InChI is InChI=1S/C19H25F3N2O3S/c1-13(9-10-28(3,26)27)23-18(25)24-14(2)11-16(19(20,21)22)12-17(24)15-7-5-4-6-8-15/h4-10,13-14,16-17H,11-12H2,1-3H3,(H,23,25)/b10-9+/t13?,14-,16+,17-/m0/s1. The number of alkyl halides is 3. The zero-order valence-corrected chi connectivity index (χ0v) is 16.8. The summed E-state index contributed by atoms with van der Waals surface area (Å²) < 4.78 is 62.6. The van der Waals surface area contributed by atoms with E-state index in [-0.39, 0.29) is 12.8 Å². The minimum Gasteiger partial charge on any atom is -0.332 e. The Kier molecular flexibility index (Phi) is 6.80. The van der Waals surface area contributed by atoms with Crippen LogP contribution in [0, 0.1) is 5.92 Å². The molecule has 9 heteroatoms. The van der Waals surface area contributed by atoms with Gasteiger partial charge in [0.1, 0.15) is 0 Å². The van der Waals surface area contributed by atoms with Crippen LogP contribution in [0.15, 0.2) is 41.8 Å². The number of nitrogens with zero attached hydrogens (tertiary/aromatic N) is 1. The molecule has 0 saturated carbocycles. The molecule has 0 radical (unpaired) electrons. The van der Waals surface area contributed by atoms with Crippen molar-refractivity contribution >= 4 is 15.9 Å². The van der Waals surface area contributed by atoms with Gasteiger partial charge in [0, 0.05) is 23.7 Å². The lowest BCUT2D eigenvalue weighted by Crippen LogP contribution is -2.53. The van der Waals surface area contributed by atoms with Crippen molar-refractivity contribution in [1.29, 1.82) is 0 Å². The number of benzene rings is 1. The number of carbonyl (C=O) groups excluding carboxylic acids is 1. The predicted octanol–water partition coefficient (Wildman–Crippen LogP) is 4.05. The number of likely N-dealkylation sites (tertiary alicyclic amines) is 1. The van der Waals surface area contributed by atoms with Crippen LogP contribution in [-0.2, 0) is 9.84 Å². The second-order valence-electron chi connectivity index (χ2n) is 7.29. The zero-order chi connectivity index (χ0) is 21.1. The largest absolute Gasteiger partial charge is 0.391 e. The number of nitrogens with one attached hydrogen (secondary N) is 1. The summed E-state index contributed by atoms with van der Waals surface area (Å²) in [5.41, 5.74) is 0.637. The van der Waals surface area contributed by atoms with Gasteiger partial charge < -0.3 is 10.2 Å². The molecule has 156 valence electrons. The van der Waals surface area contributed by atoms with Crippen molar-refractivity contribution in [3.63, 3.8) is 0 Å². The number of halogens is 3. The first-order chi connectivity index (χ1) is 12.9. The molecule has 5 nitrogen and oxygen atoms in total. The molecule has 1 aromatic carbocycles. The molecule has 1 aliphatic heterocycles. The van der Waals surface area contributed by atoms with Crippen LogP contribution in [0.2, 0.25) is 0 Å². The Morgan fingerprint density at radius 3 is 2.39 bits per heavy atom. The Labute approximate surface area is 163 Å². The van der Waals surface area contributed by atoms with Crippen molar-refractivity contribution in [3.8, 4) is 0 Å². The minimum atomic E-state index is -4.32. The third kappa shape index (κ3) is 5.98. The Morgan fingerprint density at radius 2 is 1.86 bits per heavy atom. The van der Waals surface area contributed by atoms with E-state index in [4.69, 9.17) is 0 Å². The number of piperidine rings is 1. The molecule has 2 amide bonds. The maximum Gasteiger partial charge on any atom is 0.391 e. The topological polar surface area (TPSA) is 66.5 Å². The van der Waals surface area contributed by atoms with Gasteiger partial charge in [0.15, 0.2) is 9.84 Å². The van der Waals surface area contributed by atoms with E-state index in [9.17, 15) is 26.4 Å². The summed E-state index contributed by atoms with van der Waals surface area (Å²) in [5, 5.41) is 3.65. The first kappa shape index (κ1) is 22.3. The monoisotopic (exact) mass is 418 g/mol. The van der Waals surface area contributed by atoms with Crippen LogP contribution < -0.4 is 5.32 Å². The van der Waals surface area contributed by atoms with Gasteiger partial charge in [-0.25, -0.2) is 13.2 Å². The molecule has 1 unspecified atom stereocenters. The van der Waals surface area contributed by atoms with E-state index < -0.39 is 46.1 Å². The van der Waals surface area contributed by atoms with Gasteiger partial charge in [0.05, 0.1) is 12.0 Å². The van der Waals surface area contributed by atoms with E-state index in [0.29, 0.717) is 5.56 Å².